The standard InChI is InChI=1S/C15H17N3/c1-12-5-2-3-6-14(12)9-13-10-18(11-13)15-16-7-4-8-17-15/h2-8,13H,9-11H2,1H3. The topological polar surface area (TPSA) is 29.0 Å². The summed E-state index contributed by atoms with van der Waals surface area (Å²) in [4.78, 5) is 10.8. The second-order valence-electron chi connectivity index (χ2n) is 4.95. The summed E-state index contributed by atoms with van der Waals surface area (Å²) in [7, 11) is 0. The van der Waals surface area contributed by atoms with Gasteiger partial charge in [0.05, 0.1) is 0 Å². The molecule has 2 heterocycles. The Morgan fingerprint density at radius 3 is 2.56 bits per heavy atom. The number of anilines is 1. The van der Waals surface area contributed by atoms with E-state index in [9.17, 15) is 0 Å². The highest BCUT2D eigenvalue weighted by Gasteiger charge is 2.28. The molecule has 1 aromatic carbocycles. The van der Waals surface area contributed by atoms with Crippen molar-refractivity contribution in [1.29, 1.82) is 0 Å². The van der Waals surface area contributed by atoms with Crippen LogP contribution < -0.4 is 4.90 Å². The van der Waals surface area contributed by atoms with Gasteiger partial charge < -0.3 is 4.90 Å². The molecule has 0 saturated carbocycles. The summed E-state index contributed by atoms with van der Waals surface area (Å²) >= 11 is 0. The first-order chi connectivity index (χ1) is 8.83. The summed E-state index contributed by atoms with van der Waals surface area (Å²) in [5, 5.41) is 0. The summed E-state index contributed by atoms with van der Waals surface area (Å²) in [6.45, 7) is 4.32. The average molecular weight is 239 g/mol. The molecule has 0 amide bonds. The molecule has 3 nitrogen and oxygen atoms in total. The first-order valence-corrected chi connectivity index (χ1v) is 6.39. The summed E-state index contributed by atoms with van der Waals surface area (Å²) in [6.07, 6.45) is 4.77. The lowest BCUT2D eigenvalue weighted by Gasteiger charge is -2.39. The van der Waals surface area contributed by atoms with Crippen LogP contribution >= 0.6 is 0 Å². The molecule has 0 unspecified atom stereocenters. The van der Waals surface area contributed by atoms with Crippen molar-refractivity contribution in [3.8, 4) is 0 Å². The lowest BCUT2D eigenvalue weighted by Crippen LogP contribution is -2.48. The summed E-state index contributed by atoms with van der Waals surface area (Å²) in [5.74, 6) is 1.59. The van der Waals surface area contributed by atoms with Crippen LogP contribution in [0.2, 0.25) is 0 Å². The minimum atomic E-state index is 0.731. The van der Waals surface area contributed by atoms with Gasteiger partial charge in [0, 0.05) is 25.5 Å². The van der Waals surface area contributed by atoms with Gasteiger partial charge in [0.2, 0.25) is 5.95 Å². The first kappa shape index (κ1) is 11.2. The van der Waals surface area contributed by atoms with Crippen LogP contribution in [0.25, 0.3) is 0 Å². The zero-order chi connectivity index (χ0) is 12.4. The number of aromatic nitrogens is 2. The fourth-order valence-electron chi connectivity index (χ4n) is 2.47. The zero-order valence-electron chi connectivity index (χ0n) is 10.6. The highest BCUT2D eigenvalue weighted by molar-refractivity contribution is 5.34. The van der Waals surface area contributed by atoms with E-state index in [0.717, 1.165) is 31.4 Å². The van der Waals surface area contributed by atoms with Gasteiger partial charge in [-0.2, -0.15) is 0 Å². The number of hydrogen-bond acceptors (Lipinski definition) is 3. The fraction of sp³-hybridized carbons (Fsp3) is 0.333. The molecule has 18 heavy (non-hydrogen) atoms. The first-order valence-electron chi connectivity index (χ1n) is 6.39. The van der Waals surface area contributed by atoms with E-state index in [0.29, 0.717) is 0 Å². The number of nitrogens with zero attached hydrogens (tertiary/aromatic N) is 3. The number of benzene rings is 1. The maximum absolute atomic E-state index is 4.27. The Kier molecular flexibility index (Phi) is 2.97. The summed E-state index contributed by atoms with van der Waals surface area (Å²) < 4.78 is 0. The maximum atomic E-state index is 4.27. The van der Waals surface area contributed by atoms with Gasteiger partial charge in [-0.05, 0) is 36.5 Å². The van der Waals surface area contributed by atoms with Crippen molar-refractivity contribution in [2.75, 3.05) is 18.0 Å². The predicted octanol–water partition coefficient (Wildman–Crippen LogP) is 2.46. The van der Waals surface area contributed by atoms with Gasteiger partial charge in [0.25, 0.3) is 0 Å². The molecular formula is C15H17N3. The Hall–Kier alpha value is -1.90. The molecule has 3 heteroatoms. The van der Waals surface area contributed by atoms with Crippen molar-refractivity contribution < 1.29 is 0 Å². The van der Waals surface area contributed by atoms with Crippen molar-refractivity contribution >= 4 is 5.95 Å². The Labute approximate surface area is 108 Å². The number of aryl methyl sites for hydroxylation is 1. The second kappa shape index (κ2) is 4.77. The average Bonchev–Trinajstić information content (AvgIpc) is 2.36. The molecule has 1 aliphatic heterocycles. The molecule has 3 rings (SSSR count). The van der Waals surface area contributed by atoms with Crippen LogP contribution in [0.5, 0.6) is 0 Å². The van der Waals surface area contributed by atoms with E-state index in [4.69, 9.17) is 0 Å². The molecule has 0 bridgehead atoms. The van der Waals surface area contributed by atoms with Gasteiger partial charge in [-0.3, -0.25) is 0 Å². The predicted molar refractivity (Wildman–Crippen MR) is 72.6 cm³/mol. The molecule has 1 fully saturated rings. The number of hydrogen-bond donors (Lipinski definition) is 0. The van der Waals surface area contributed by atoms with E-state index < -0.39 is 0 Å². The molecule has 1 aromatic heterocycles. The molecule has 0 aliphatic carbocycles. The van der Waals surface area contributed by atoms with Crippen LogP contribution in [-0.4, -0.2) is 23.1 Å². The molecule has 0 spiro atoms. The third-order valence-corrected chi connectivity index (χ3v) is 3.56. The second-order valence-corrected chi connectivity index (χ2v) is 4.95. The van der Waals surface area contributed by atoms with Crippen molar-refractivity contribution in [2.45, 2.75) is 13.3 Å². The van der Waals surface area contributed by atoms with E-state index in [2.05, 4.69) is 46.1 Å². The number of rotatable bonds is 3. The molecule has 1 saturated heterocycles. The van der Waals surface area contributed by atoms with E-state index in [1.54, 1.807) is 12.4 Å². The van der Waals surface area contributed by atoms with Crippen LogP contribution in [-0.2, 0) is 6.42 Å². The Balaban J connectivity index is 1.59. The van der Waals surface area contributed by atoms with Gasteiger partial charge in [0.15, 0.2) is 0 Å². The summed E-state index contributed by atoms with van der Waals surface area (Å²) in [6, 6.07) is 10.5. The molecular weight excluding hydrogens is 222 g/mol. The third-order valence-electron chi connectivity index (χ3n) is 3.56. The zero-order valence-corrected chi connectivity index (χ0v) is 10.6. The highest BCUT2D eigenvalue weighted by Crippen LogP contribution is 2.24. The van der Waals surface area contributed by atoms with Crippen molar-refractivity contribution in [1.82, 2.24) is 9.97 Å². The SMILES string of the molecule is Cc1ccccc1CC1CN(c2ncccn2)C1. The molecule has 0 radical (unpaired) electrons. The van der Waals surface area contributed by atoms with E-state index in [-0.39, 0.29) is 0 Å². The maximum Gasteiger partial charge on any atom is 0.225 e. The normalized spacial score (nSPS) is 15.5. The van der Waals surface area contributed by atoms with E-state index in [1.165, 1.54) is 11.1 Å². The molecule has 0 atom stereocenters. The van der Waals surface area contributed by atoms with Gasteiger partial charge in [-0.15, -0.1) is 0 Å². The van der Waals surface area contributed by atoms with Gasteiger partial charge in [-0.25, -0.2) is 9.97 Å². The van der Waals surface area contributed by atoms with Crippen LogP contribution in [0.4, 0.5) is 5.95 Å². The van der Waals surface area contributed by atoms with Crippen LogP contribution in [0.15, 0.2) is 42.7 Å². The summed E-state index contributed by atoms with van der Waals surface area (Å²) in [5.41, 5.74) is 2.86. The monoisotopic (exact) mass is 239 g/mol. The third kappa shape index (κ3) is 2.21. The van der Waals surface area contributed by atoms with Crippen molar-refractivity contribution in [3.63, 3.8) is 0 Å². The minimum Gasteiger partial charge on any atom is -0.340 e. The van der Waals surface area contributed by atoms with E-state index in [1.807, 2.05) is 6.07 Å². The fourth-order valence-corrected chi connectivity index (χ4v) is 2.47. The van der Waals surface area contributed by atoms with Gasteiger partial charge in [-0.1, -0.05) is 24.3 Å². The van der Waals surface area contributed by atoms with E-state index >= 15 is 0 Å². The van der Waals surface area contributed by atoms with Gasteiger partial charge >= 0.3 is 0 Å². The van der Waals surface area contributed by atoms with Crippen LogP contribution in [0.3, 0.4) is 0 Å². The largest absolute Gasteiger partial charge is 0.340 e. The smallest absolute Gasteiger partial charge is 0.225 e. The minimum absolute atomic E-state index is 0.731. The van der Waals surface area contributed by atoms with Crippen molar-refractivity contribution in [2.24, 2.45) is 5.92 Å². The Morgan fingerprint density at radius 2 is 1.83 bits per heavy atom. The molecule has 0 N–H and O–H groups in total. The Bertz CT molecular complexity index is 518. The lowest BCUT2D eigenvalue weighted by atomic mass is 9.90. The molecule has 92 valence electrons. The molecule has 1 aliphatic rings. The Morgan fingerprint density at radius 1 is 1.11 bits per heavy atom. The van der Waals surface area contributed by atoms with Gasteiger partial charge in [0.1, 0.15) is 0 Å². The molecule has 2 aromatic rings. The lowest BCUT2D eigenvalue weighted by molar-refractivity contribution is 0.401. The van der Waals surface area contributed by atoms with Crippen molar-refractivity contribution in [3.05, 3.63) is 53.9 Å². The van der Waals surface area contributed by atoms with Crippen LogP contribution in [0, 0.1) is 12.8 Å². The quantitative estimate of drug-likeness (QED) is 0.824. The van der Waals surface area contributed by atoms with Crippen LogP contribution in [0.1, 0.15) is 11.1 Å². The highest BCUT2D eigenvalue weighted by atomic mass is 15.3.